The van der Waals surface area contributed by atoms with Crippen LogP contribution < -0.4 is 11.4 Å². The normalized spacial score (nSPS) is 39.1. The molecule has 3 rings (SSSR count). The van der Waals surface area contributed by atoms with Crippen LogP contribution in [0.15, 0.2) is 17.1 Å². The number of nitrogens with two attached hydrogens (primary N) is 1. The first-order chi connectivity index (χ1) is 11.1. The van der Waals surface area contributed by atoms with E-state index in [1.807, 2.05) is 0 Å². The number of alkyl halides is 2. The fraction of sp³-hybridized carbons (Fsp3) is 0.667. The second-order valence-corrected chi connectivity index (χ2v) is 7.82. The van der Waals surface area contributed by atoms with Crippen LogP contribution >= 0.6 is 19.4 Å². The van der Waals surface area contributed by atoms with Crippen LogP contribution in [0.2, 0.25) is 0 Å². The van der Waals surface area contributed by atoms with Gasteiger partial charge in [-0.3, -0.25) is 18.1 Å². The van der Waals surface area contributed by atoms with Crippen molar-refractivity contribution in [1.82, 2.24) is 9.55 Å². The van der Waals surface area contributed by atoms with Gasteiger partial charge in [0.05, 0.1) is 12.7 Å². The first kappa shape index (κ1) is 17.8. The molecule has 2 N–H and O–H groups in total. The molecule has 2 aliphatic rings. The molecule has 0 saturated carbocycles. The van der Waals surface area contributed by atoms with Crippen molar-refractivity contribution in [3.05, 3.63) is 22.7 Å². The Hall–Kier alpha value is -1.03. The molecule has 2 saturated heterocycles. The lowest BCUT2D eigenvalue weighted by Gasteiger charge is -2.33. The van der Waals surface area contributed by atoms with Crippen LogP contribution in [0.5, 0.6) is 0 Å². The quantitative estimate of drug-likeness (QED) is 0.618. The number of anilines is 1. The fourth-order valence-corrected chi connectivity index (χ4v) is 4.47. The summed E-state index contributed by atoms with van der Waals surface area (Å²) < 4.78 is 49.1. The highest BCUT2D eigenvalue weighted by Gasteiger charge is 2.63. The molecule has 0 radical (unpaired) electrons. The zero-order valence-electron chi connectivity index (χ0n) is 12.8. The molecular formula is C12H16ClFN3O6P. The van der Waals surface area contributed by atoms with Crippen molar-refractivity contribution in [3.63, 3.8) is 0 Å². The Morgan fingerprint density at radius 1 is 1.62 bits per heavy atom. The summed E-state index contributed by atoms with van der Waals surface area (Å²) >= 11 is 5.95. The summed E-state index contributed by atoms with van der Waals surface area (Å²) in [5, 5.41) is -2.69. The first-order valence-electron chi connectivity index (χ1n) is 7.12. The average Bonchev–Trinajstić information content (AvgIpc) is 2.69. The van der Waals surface area contributed by atoms with E-state index in [4.69, 9.17) is 35.6 Å². The van der Waals surface area contributed by atoms with Gasteiger partial charge in [0.1, 0.15) is 11.9 Å². The summed E-state index contributed by atoms with van der Waals surface area (Å²) in [7, 11) is -3.98. The zero-order chi connectivity index (χ0) is 17.7. The van der Waals surface area contributed by atoms with Gasteiger partial charge in [0.15, 0.2) is 12.3 Å². The summed E-state index contributed by atoms with van der Waals surface area (Å²) in [5.41, 5.74) is 4.56. The molecule has 1 aromatic rings. The van der Waals surface area contributed by atoms with Gasteiger partial charge in [0.2, 0.25) is 0 Å². The minimum atomic E-state index is -3.98. The average molecular weight is 384 g/mol. The van der Waals surface area contributed by atoms with Gasteiger partial charge >= 0.3 is 13.5 Å². The standard InChI is InChI=1S/C12H16ClFN3O6P/c1-6(2)22-24(19)20-5-7-9(23-24)12(13,14)10(21-7)17-4-3-8(15)16-11(17)18/h3-4,6-7,9-10H,5H2,1-2H3,(H2,15,16,18)/t7-,9-,10-,12-,24+/m1/s1. The third kappa shape index (κ3) is 3.10. The maximum absolute atomic E-state index is 15.1. The van der Waals surface area contributed by atoms with E-state index in [1.54, 1.807) is 13.8 Å². The van der Waals surface area contributed by atoms with E-state index < -0.39 is 43.2 Å². The molecule has 12 heteroatoms. The Bertz CT molecular complexity index is 744. The highest BCUT2D eigenvalue weighted by molar-refractivity contribution is 7.48. The van der Waals surface area contributed by atoms with Crippen LogP contribution in [0.4, 0.5) is 10.2 Å². The van der Waals surface area contributed by atoms with E-state index in [1.165, 1.54) is 12.3 Å². The van der Waals surface area contributed by atoms with Gasteiger partial charge in [-0.25, -0.2) is 13.8 Å². The lowest BCUT2D eigenvalue weighted by molar-refractivity contribution is -0.0748. The van der Waals surface area contributed by atoms with Crippen LogP contribution in [0.25, 0.3) is 0 Å². The number of nitrogen functional groups attached to an aromatic ring is 1. The monoisotopic (exact) mass is 383 g/mol. The smallest absolute Gasteiger partial charge is 0.383 e. The summed E-state index contributed by atoms with van der Waals surface area (Å²) in [4.78, 5) is 15.4. The van der Waals surface area contributed by atoms with Crippen molar-refractivity contribution in [2.75, 3.05) is 12.3 Å². The Balaban J connectivity index is 1.90. The highest BCUT2D eigenvalue weighted by atomic mass is 35.5. The Labute approximate surface area is 141 Å². The number of fused-ring (bicyclic) bond motifs is 1. The molecule has 5 atom stereocenters. The van der Waals surface area contributed by atoms with Gasteiger partial charge in [0.25, 0.3) is 5.13 Å². The summed E-state index contributed by atoms with van der Waals surface area (Å²) in [6.07, 6.45) is -3.25. The van der Waals surface area contributed by atoms with E-state index in [0.29, 0.717) is 0 Å². The molecule has 9 nitrogen and oxygen atoms in total. The van der Waals surface area contributed by atoms with E-state index in [9.17, 15) is 9.36 Å². The second kappa shape index (κ2) is 6.05. The van der Waals surface area contributed by atoms with Crippen LogP contribution in [-0.2, 0) is 22.9 Å². The van der Waals surface area contributed by atoms with Crippen molar-refractivity contribution < 1.29 is 27.3 Å². The molecule has 0 aromatic carbocycles. The summed E-state index contributed by atoms with van der Waals surface area (Å²) in [5.74, 6) is -0.0277. The Kier molecular flexibility index (Phi) is 4.48. The van der Waals surface area contributed by atoms with E-state index in [0.717, 1.165) is 4.57 Å². The molecule has 0 amide bonds. The summed E-state index contributed by atoms with van der Waals surface area (Å²) in [6, 6.07) is 1.30. The van der Waals surface area contributed by atoms with Gasteiger partial charge in [-0.05, 0) is 19.9 Å². The lowest BCUT2D eigenvalue weighted by Crippen LogP contribution is -2.44. The molecule has 0 unspecified atom stereocenters. The fourth-order valence-electron chi connectivity index (χ4n) is 2.48. The van der Waals surface area contributed by atoms with Gasteiger partial charge in [-0.1, -0.05) is 11.6 Å². The third-order valence-electron chi connectivity index (χ3n) is 3.43. The maximum Gasteiger partial charge on any atom is 0.475 e. The van der Waals surface area contributed by atoms with Gasteiger partial charge in [-0.2, -0.15) is 4.98 Å². The number of phosphoric ester groups is 1. The number of phosphoric acid groups is 1. The number of rotatable bonds is 3. The van der Waals surface area contributed by atoms with E-state index >= 15 is 4.39 Å². The molecule has 134 valence electrons. The second-order valence-electron chi connectivity index (χ2n) is 5.67. The van der Waals surface area contributed by atoms with Crippen molar-refractivity contribution in [2.45, 2.75) is 43.5 Å². The minimum absolute atomic E-state index is 0.0277. The van der Waals surface area contributed by atoms with Gasteiger partial charge in [-0.15, -0.1) is 0 Å². The third-order valence-corrected chi connectivity index (χ3v) is 5.47. The largest absolute Gasteiger partial charge is 0.475 e. The van der Waals surface area contributed by atoms with Crippen molar-refractivity contribution in [3.8, 4) is 0 Å². The molecule has 24 heavy (non-hydrogen) atoms. The number of hydrogen-bond donors (Lipinski definition) is 1. The van der Waals surface area contributed by atoms with Crippen molar-refractivity contribution >= 4 is 25.2 Å². The van der Waals surface area contributed by atoms with E-state index in [2.05, 4.69) is 4.98 Å². The van der Waals surface area contributed by atoms with Gasteiger partial charge in [0, 0.05) is 6.20 Å². The molecule has 0 aliphatic carbocycles. The SMILES string of the molecule is CC(C)O[P@]1(=O)OC[C@H]2O[C@@H](n3ccc(N)nc3=O)[C@@](F)(Cl)[C@@H]2O1. The van der Waals surface area contributed by atoms with Gasteiger partial charge < -0.3 is 10.5 Å². The number of hydrogen-bond acceptors (Lipinski definition) is 8. The number of nitrogens with zero attached hydrogens (tertiary/aromatic N) is 2. The number of aromatic nitrogens is 2. The van der Waals surface area contributed by atoms with Crippen LogP contribution in [-0.4, -0.2) is 39.6 Å². The van der Waals surface area contributed by atoms with Crippen LogP contribution in [0.1, 0.15) is 20.1 Å². The predicted octanol–water partition coefficient (Wildman–Crippen LogP) is 1.58. The predicted molar refractivity (Wildman–Crippen MR) is 81.2 cm³/mol. The Morgan fingerprint density at radius 3 is 2.96 bits per heavy atom. The number of ether oxygens (including phenoxy) is 1. The molecule has 1 aromatic heterocycles. The molecule has 3 heterocycles. The zero-order valence-corrected chi connectivity index (χ0v) is 14.4. The van der Waals surface area contributed by atoms with Crippen LogP contribution in [0.3, 0.4) is 0 Å². The topological polar surface area (TPSA) is 115 Å². The van der Waals surface area contributed by atoms with E-state index in [-0.39, 0.29) is 12.4 Å². The molecule has 2 aliphatic heterocycles. The highest BCUT2D eigenvalue weighted by Crippen LogP contribution is 2.60. The molecule has 0 bridgehead atoms. The van der Waals surface area contributed by atoms with Crippen molar-refractivity contribution in [2.24, 2.45) is 0 Å². The number of halogens is 2. The molecule has 2 fully saturated rings. The Morgan fingerprint density at radius 2 is 2.33 bits per heavy atom. The molecule has 0 spiro atoms. The first-order valence-corrected chi connectivity index (χ1v) is 8.95. The summed E-state index contributed by atoms with van der Waals surface area (Å²) in [6.45, 7) is 2.98. The van der Waals surface area contributed by atoms with Crippen molar-refractivity contribution in [1.29, 1.82) is 0 Å². The lowest BCUT2D eigenvalue weighted by atomic mass is 10.1. The maximum atomic E-state index is 15.1. The van der Waals surface area contributed by atoms with Crippen LogP contribution in [0, 0.1) is 0 Å². The molecular weight excluding hydrogens is 368 g/mol. The minimum Gasteiger partial charge on any atom is -0.383 e.